The molecule has 0 saturated heterocycles. The van der Waals surface area contributed by atoms with Gasteiger partial charge in [0.05, 0.1) is 6.54 Å². The summed E-state index contributed by atoms with van der Waals surface area (Å²) in [6.07, 6.45) is 2.15. The van der Waals surface area contributed by atoms with Crippen LogP contribution >= 0.6 is 24.0 Å². The van der Waals surface area contributed by atoms with Crippen LogP contribution in [0.15, 0.2) is 28.1 Å². The molecular weight excluding hydrogens is 441 g/mol. The van der Waals surface area contributed by atoms with Crippen molar-refractivity contribution in [2.24, 2.45) is 10.7 Å². The second kappa shape index (κ2) is 8.20. The molecule has 1 saturated carbocycles. The Hall–Kier alpha value is -1.01. The van der Waals surface area contributed by atoms with Crippen LogP contribution < -0.4 is 10.5 Å². The van der Waals surface area contributed by atoms with Crippen molar-refractivity contribution in [2.45, 2.75) is 23.8 Å². The van der Waals surface area contributed by atoms with E-state index in [1.165, 1.54) is 0 Å². The number of hydrogen-bond acceptors (Lipinski definition) is 3. The van der Waals surface area contributed by atoms with Crippen molar-refractivity contribution >= 4 is 40.0 Å². The van der Waals surface area contributed by atoms with Gasteiger partial charge < -0.3 is 10.6 Å². The van der Waals surface area contributed by atoms with Crippen molar-refractivity contribution in [2.75, 3.05) is 20.1 Å². The largest absolute Gasteiger partial charge is 0.370 e. The third kappa shape index (κ3) is 5.53. The molecule has 6 nitrogen and oxygen atoms in total. The number of nitrogens with two attached hydrogens (primary N) is 1. The minimum atomic E-state index is -4.05. The maximum absolute atomic E-state index is 13.5. The third-order valence-electron chi connectivity index (χ3n) is 3.32. The number of benzene rings is 1. The summed E-state index contributed by atoms with van der Waals surface area (Å²) in [5, 5.41) is 0. The second-order valence-corrected chi connectivity index (χ2v) is 6.79. The van der Waals surface area contributed by atoms with E-state index in [9.17, 15) is 17.2 Å². The molecule has 1 aliphatic carbocycles. The Labute approximate surface area is 151 Å². The first-order valence-electron chi connectivity index (χ1n) is 6.79. The Bertz CT molecular complexity index is 681. The predicted octanol–water partition coefficient (Wildman–Crippen LogP) is 1.27. The topological polar surface area (TPSA) is 87.8 Å². The van der Waals surface area contributed by atoms with E-state index in [4.69, 9.17) is 5.73 Å². The van der Waals surface area contributed by atoms with E-state index < -0.39 is 26.6 Å². The van der Waals surface area contributed by atoms with Crippen molar-refractivity contribution in [1.82, 2.24) is 9.62 Å². The molecule has 130 valence electrons. The van der Waals surface area contributed by atoms with E-state index in [0.717, 1.165) is 25.0 Å². The van der Waals surface area contributed by atoms with Gasteiger partial charge in [-0.2, -0.15) is 0 Å². The zero-order chi connectivity index (χ0) is 16.3. The lowest BCUT2D eigenvalue weighted by Crippen LogP contribution is -2.36. The molecule has 1 fully saturated rings. The number of guanidine groups is 1. The highest BCUT2D eigenvalue weighted by Gasteiger charge is 2.27. The maximum Gasteiger partial charge on any atom is 0.243 e. The van der Waals surface area contributed by atoms with Gasteiger partial charge in [0.2, 0.25) is 10.0 Å². The fraction of sp³-hybridized carbons (Fsp3) is 0.462. The maximum atomic E-state index is 13.5. The highest BCUT2D eigenvalue weighted by Crippen LogP contribution is 2.24. The first-order chi connectivity index (χ1) is 10.3. The normalized spacial score (nSPS) is 15.2. The number of sulfonamides is 1. The summed E-state index contributed by atoms with van der Waals surface area (Å²) in [5.41, 5.74) is 5.76. The van der Waals surface area contributed by atoms with Crippen molar-refractivity contribution < 1.29 is 17.2 Å². The molecule has 2 rings (SSSR count). The third-order valence-corrected chi connectivity index (χ3v) is 4.81. The van der Waals surface area contributed by atoms with Gasteiger partial charge in [-0.3, -0.25) is 4.99 Å². The number of nitrogens with zero attached hydrogens (tertiary/aromatic N) is 2. The van der Waals surface area contributed by atoms with Gasteiger partial charge in [-0.15, -0.1) is 24.0 Å². The molecule has 0 spiro atoms. The average molecular weight is 460 g/mol. The first kappa shape index (κ1) is 20.0. The zero-order valence-electron chi connectivity index (χ0n) is 12.5. The number of aliphatic imine (C=N–C) groups is 1. The lowest BCUT2D eigenvalue weighted by atomic mass is 10.3. The Balaban J connectivity index is 0.00000264. The number of nitrogens with one attached hydrogen (secondary N) is 1. The van der Waals surface area contributed by atoms with Gasteiger partial charge in [0, 0.05) is 25.7 Å². The summed E-state index contributed by atoms with van der Waals surface area (Å²) < 4.78 is 52.3. The zero-order valence-corrected chi connectivity index (χ0v) is 15.6. The Morgan fingerprint density at radius 2 is 2.09 bits per heavy atom. The fourth-order valence-corrected chi connectivity index (χ4v) is 2.96. The molecule has 10 heteroatoms. The van der Waals surface area contributed by atoms with Gasteiger partial charge in [-0.1, -0.05) is 0 Å². The lowest BCUT2D eigenvalue weighted by molar-refractivity contribution is 0.487. The molecule has 0 heterocycles. The van der Waals surface area contributed by atoms with Gasteiger partial charge in [-0.25, -0.2) is 21.9 Å². The van der Waals surface area contributed by atoms with Crippen LogP contribution in [0.5, 0.6) is 0 Å². The minimum absolute atomic E-state index is 0. The van der Waals surface area contributed by atoms with Crippen LogP contribution in [0, 0.1) is 11.6 Å². The molecule has 0 bridgehead atoms. The number of rotatable bonds is 6. The van der Waals surface area contributed by atoms with Crippen LogP contribution in [0.4, 0.5) is 8.78 Å². The standard InChI is InChI=1S/C13H18F2N4O2S.HI/c1-19(10-3-4-10)13(16)17-6-7-18-22(20,21)12-5-2-9(14)8-11(12)15;/h2,5,8,10,18H,3-4,6-7H2,1H3,(H2,16,17);1H. The number of hydrogen-bond donors (Lipinski definition) is 2. The summed E-state index contributed by atoms with van der Waals surface area (Å²) in [5.74, 6) is -1.63. The lowest BCUT2D eigenvalue weighted by Gasteiger charge is -2.16. The van der Waals surface area contributed by atoms with Crippen LogP contribution in [0.25, 0.3) is 0 Å². The van der Waals surface area contributed by atoms with E-state index in [0.29, 0.717) is 18.1 Å². The smallest absolute Gasteiger partial charge is 0.243 e. The summed E-state index contributed by atoms with van der Waals surface area (Å²) in [4.78, 5) is 5.30. The van der Waals surface area contributed by atoms with E-state index in [-0.39, 0.29) is 37.1 Å². The molecule has 1 aromatic rings. The van der Waals surface area contributed by atoms with Crippen molar-refractivity contribution in [3.8, 4) is 0 Å². The number of halogens is 3. The predicted molar refractivity (Wildman–Crippen MR) is 94.2 cm³/mol. The van der Waals surface area contributed by atoms with Crippen molar-refractivity contribution in [3.63, 3.8) is 0 Å². The first-order valence-corrected chi connectivity index (χ1v) is 8.27. The molecule has 0 radical (unpaired) electrons. The Morgan fingerprint density at radius 3 is 2.65 bits per heavy atom. The van der Waals surface area contributed by atoms with Gasteiger partial charge in [0.25, 0.3) is 0 Å². The SMILES string of the molecule is CN(C(N)=NCCNS(=O)(=O)c1ccc(F)cc1F)C1CC1.I. The highest BCUT2D eigenvalue weighted by atomic mass is 127. The van der Waals surface area contributed by atoms with Gasteiger partial charge in [0.1, 0.15) is 16.5 Å². The minimum Gasteiger partial charge on any atom is -0.370 e. The van der Waals surface area contributed by atoms with Gasteiger partial charge in [0.15, 0.2) is 5.96 Å². The fourth-order valence-electron chi connectivity index (χ4n) is 1.88. The molecule has 0 atom stereocenters. The molecule has 0 aromatic heterocycles. The van der Waals surface area contributed by atoms with Crippen molar-refractivity contribution in [1.29, 1.82) is 0 Å². The molecule has 3 N–H and O–H groups in total. The molecular formula is C13H19F2IN4O2S. The van der Waals surface area contributed by atoms with E-state index in [1.807, 2.05) is 11.9 Å². The average Bonchev–Trinajstić information content (AvgIpc) is 3.26. The van der Waals surface area contributed by atoms with Crippen LogP contribution in [0.3, 0.4) is 0 Å². The molecule has 23 heavy (non-hydrogen) atoms. The molecule has 1 aliphatic rings. The molecule has 0 amide bonds. The van der Waals surface area contributed by atoms with Crippen LogP contribution in [-0.2, 0) is 10.0 Å². The Morgan fingerprint density at radius 1 is 1.43 bits per heavy atom. The van der Waals surface area contributed by atoms with Crippen LogP contribution in [0.2, 0.25) is 0 Å². The molecule has 0 unspecified atom stereocenters. The quantitative estimate of drug-likeness (QED) is 0.290. The van der Waals surface area contributed by atoms with Crippen LogP contribution in [0.1, 0.15) is 12.8 Å². The van der Waals surface area contributed by atoms with E-state index in [2.05, 4.69) is 9.71 Å². The second-order valence-electron chi connectivity index (χ2n) is 5.05. The van der Waals surface area contributed by atoms with Crippen molar-refractivity contribution in [3.05, 3.63) is 29.8 Å². The molecule has 0 aliphatic heterocycles. The molecule has 1 aromatic carbocycles. The summed E-state index contributed by atoms with van der Waals surface area (Å²) in [7, 11) is -2.22. The van der Waals surface area contributed by atoms with E-state index >= 15 is 0 Å². The summed E-state index contributed by atoms with van der Waals surface area (Å²) >= 11 is 0. The van der Waals surface area contributed by atoms with Gasteiger partial charge >= 0.3 is 0 Å². The summed E-state index contributed by atoms with van der Waals surface area (Å²) in [6, 6.07) is 2.70. The summed E-state index contributed by atoms with van der Waals surface area (Å²) in [6.45, 7) is 0.100. The Kier molecular flexibility index (Phi) is 7.14. The van der Waals surface area contributed by atoms with E-state index in [1.54, 1.807) is 0 Å². The monoisotopic (exact) mass is 460 g/mol. The van der Waals surface area contributed by atoms with Gasteiger partial charge in [-0.05, 0) is 25.0 Å². The van der Waals surface area contributed by atoms with Crippen LogP contribution in [-0.4, -0.2) is 45.5 Å². The highest BCUT2D eigenvalue weighted by molar-refractivity contribution is 14.0.